The van der Waals surface area contributed by atoms with E-state index in [1.807, 2.05) is 33.6 Å². The molecule has 25 heavy (non-hydrogen) atoms. The van der Waals surface area contributed by atoms with Crippen LogP contribution in [0.1, 0.15) is 29.8 Å². The second kappa shape index (κ2) is 5.51. The van der Waals surface area contributed by atoms with Crippen LogP contribution in [0.5, 0.6) is 0 Å². The van der Waals surface area contributed by atoms with Gasteiger partial charge in [0, 0.05) is 18.5 Å². The summed E-state index contributed by atoms with van der Waals surface area (Å²) in [5.41, 5.74) is 2.65. The van der Waals surface area contributed by atoms with Gasteiger partial charge in [-0.25, -0.2) is 4.98 Å². The predicted molar refractivity (Wildman–Crippen MR) is 95.5 cm³/mol. The Morgan fingerprint density at radius 3 is 2.68 bits per heavy atom. The fourth-order valence-electron chi connectivity index (χ4n) is 3.65. The largest absolute Gasteiger partial charge is 0.337 e. The van der Waals surface area contributed by atoms with Gasteiger partial charge in [0.1, 0.15) is 11.8 Å². The molecule has 0 bridgehead atoms. The van der Waals surface area contributed by atoms with Crippen LogP contribution in [0.15, 0.2) is 42.7 Å². The van der Waals surface area contributed by atoms with Crippen molar-refractivity contribution in [3.63, 3.8) is 0 Å². The van der Waals surface area contributed by atoms with Crippen LogP contribution in [-0.4, -0.2) is 43.5 Å². The van der Waals surface area contributed by atoms with Gasteiger partial charge >= 0.3 is 0 Å². The Hall–Kier alpha value is -3.02. The molecule has 1 aliphatic rings. The van der Waals surface area contributed by atoms with Crippen molar-refractivity contribution >= 4 is 33.4 Å². The molecule has 1 saturated heterocycles. The van der Waals surface area contributed by atoms with E-state index in [1.54, 1.807) is 6.33 Å². The summed E-state index contributed by atoms with van der Waals surface area (Å²) in [5.74, 6) is -0.0448. The maximum Gasteiger partial charge on any atom is 0.276 e. The number of likely N-dealkylation sites (tertiary alicyclic amines) is 1. The fourth-order valence-corrected chi connectivity index (χ4v) is 3.65. The second-order valence-corrected chi connectivity index (χ2v) is 6.49. The summed E-state index contributed by atoms with van der Waals surface area (Å²) < 4.78 is 1.87. The summed E-state index contributed by atoms with van der Waals surface area (Å²) in [6.45, 7) is 1.59. The molecule has 6 heteroatoms. The summed E-state index contributed by atoms with van der Waals surface area (Å²) in [7, 11) is 0. The van der Waals surface area contributed by atoms with Crippen molar-refractivity contribution in [3.05, 3.63) is 48.4 Å². The molecule has 1 amide bonds. The first-order valence-corrected chi connectivity index (χ1v) is 8.63. The fraction of sp³-hybridized carbons (Fsp3) is 0.263. The Morgan fingerprint density at radius 2 is 1.80 bits per heavy atom. The van der Waals surface area contributed by atoms with Gasteiger partial charge in [0.2, 0.25) is 0 Å². The van der Waals surface area contributed by atoms with Gasteiger partial charge in [-0.1, -0.05) is 30.3 Å². The number of hydrogen-bond donors (Lipinski definition) is 0. The van der Waals surface area contributed by atoms with Crippen LogP contribution in [0.2, 0.25) is 0 Å². The van der Waals surface area contributed by atoms with E-state index in [9.17, 15) is 4.79 Å². The number of aromatic nitrogens is 4. The highest BCUT2D eigenvalue weighted by Gasteiger charge is 2.24. The van der Waals surface area contributed by atoms with Gasteiger partial charge in [-0.15, -0.1) is 10.2 Å². The molecule has 6 nitrogen and oxygen atoms in total. The monoisotopic (exact) mass is 331 g/mol. The van der Waals surface area contributed by atoms with Gasteiger partial charge in [-0.05, 0) is 30.7 Å². The molecule has 0 N–H and O–H groups in total. The molecule has 0 atom stereocenters. The van der Waals surface area contributed by atoms with Gasteiger partial charge in [-0.3, -0.25) is 9.20 Å². The Morgan fingerprint density at radius 1 is 0.960 bits per heavy atom. The van der Waals surface area contributed by atoms with Crippen molar-refractivity contribution in [2.45, 2.75) is 19.3 Å². The van der Waals surface area contributed by atoms with Crippen molar-refractivity contribution < 1.29 is 4.79 Å². The summed E-state index contributed by atoms with van der Waals surface area (Å²) in [5, 5.41) is 10.9. The third-order valence-electron chi connectivity index (χ3n) is 4.97. The van der Waals surface area contributed by atoms with E-state index >= 15 is 0 Å². The number of amides is 1. The highest BCUT2D eigenvalue weighted by atomic mass is 16.2. The van der Waals surface area contributed by atoms with Crippen molar-refractivity contribution in [3.8, 4) is 0 Å². The zero-order chi connectivity index (χ0) is 16.8. The molecule has 5 rings (SSSR count). The quantitative estimate of drug-likeness (QED) is 0.503. The van der Waals surface area contributed by atoms with Gasteiger partial charge < -0.3 is 4.90 Å². The van der Waals surface area contributed by atoms with Crippen molar-refractivity contribution in [2.75, 3.05) is 13.1 Å². The van der Waals surface area contributed by atoms with Crippen LogP contribution in [0.25, 0.3) is 27.5 Å². The summed E-state index contributed by atoms with van der Waals surface area (Å²) >= 11 is 0. The topological polar surface area (TPSA) is 63.4 Å². The molecular weight excluding hydrogens is 314 g/mol. The van der Waals surface area contributed by atoms with E-state index in [1.165, 1.54) is 6.42 Å². The smallest absolute Gasteiger partial charge is 0.276 e. The van der Waals surface area contributed by atoms with Crippen LogP contribution in [0.4, 0.5) is 0 Å². The summed E-state index contributed by atoms with van der Waals surface area (Å²) in [6.07, 6.45) is 4.97. The molecule has 0 unspecified atom stereocenters. The minimum atomic E-state index is -0.0448. The van der Waals surface area contributed by atoms with Crippen LogP contribution in [0, 0.1) is 0 Å². The minimum Gasteiger partial charge on any atom is -0.337 e. The number of imidazole rings is 1. The van der Waals surface area contributed by atoms with Gasteiger partial charge in [0.25, 0.3) is 5.91 Å². The van der Waals surface area contributed by atoms with Gasteiger partial charge in [0.05, 0.1) is 5.52 Å². The number of carbonyl (C=O) groups is 1. The zero-order valence-electron chi connectivity index (χ0n) is 13.7. The molecule has 2 aromatic heterocycles. The Kier molecular flexibility index (Phi) is 3.16. The molecule has 2 aromatic carbocycles. The summed E-state index contributed by atoms with van der Waals surface area (Å²) in [6, 6.07) is 12.2. The third-order valence-corrected chi connectivity index (χ3v) is 4.97. The lowest BCUT2D eigenvalue weighted by atomic mass is 10.1. The molecular formula is C19H17N5O. The first-order valence-electron chi connectivity index (χ1n) is 8.63. The molecule has 0 saturated carbocycles. The van der Waals surface area contributed by atoms with E-state index in [0.29, 0.717) is 11.3 Å². The number of piperidine rings is 1. The standard InChI is InChI=1S/C19H17N5O/c25-19(23-10-4-1-5-11-23)17-18-22-21-16-14-7-3-2-6-13(14)8-9-15(16)24(18)12-20-17/h2-3,6-9,12H,1,4-5,10-11H2. The van der Waals surface area contributed by atoms with Crippen LogP contribution in [-0.2, 0) is 0 Å². The SMILES string of the molecule is O=C(c1ncn2c1nnc1c3ccccc3ccc12)N1CCCCC1. The molecule has 124 valence electrons. The highest BCUT2D eigenvalue weighted by Crippen LogP contribution is 2.24. The number of carbonyl (C=O) groups excluding carboxylic acids is 1. The van der Waals surface area contributed by atoms with Gasteiger partial charge in [0.15, 0.2) is 11.3 Å². The molecule has 3 heterocycles. The normalized spacial score (nSPS) is 15.3. The van der Waals surface area contributed by atoms with Crippen LogP contribution in [0.3, 0.4) is 0 Å². The van der Waals surface area contributed by atoms with E-state index in [4.69, 9.17) is 0 Å². The van der Waals surface area contributed by atoms with Crippen molar-refractivity contribution in [1.82, 2.24) is 24.5 Å². The minimum absolute atomic E-state index is 0.0448. The Balaban J connectivity index is 1.69. The van der Waals surface area contributed by atoms with Gasteiger partial charge in [-0.2, -0.15) is 0 Å². The average molecular weight is 331 g/mol. The Labute approximate surface area is 144 Å². The third kappa shape index (κ3) is 2.17. The van der Waals surface area contributed by atoms with Crippen LogP contribution >= 0.6 is 0 Å². The average Bonchev–Trinajstić information content (AvgIpc) is 3.12. The van der Waals surface area contributed by atoms with E-state index in [0.717, 1.165) is 47.7 Å². The number of fused-ring (bicyclic) bond motifs is 5. The Bertz CT molecular complexity index is 1110. The first kappa shape index (κ1) is 14.3. The lowest BCUT2D eigenvalue weighted by molar-refractivity contribution is 0.0720. The van der Waals surface area contributed by atoms with E-state index in [2.05, 4.69) is 27.3 Å². The van der Waals surface area contributed by atoms with Crippen molar-refractivity contribution in [1.29, 1.82) is 0 Å². The maximum atomic E-state index is 12.8. The molecule has 4 aromatic rings. The number of hydrogen-bond acceptors (Lipinski definition) is 4. The maximum absolute atomic E-state index is 12.8. The zero-order valence-corrected chi connectivity index (χ0v) is 13.7. The molecule has 0 spiro atoms. The lowest BCUT2D eigenvalue weighted by Gasteiger charge is -2.25. The summed E-state index contributed by atoms with van der Waals surface area (Å²) in [4.78, 5) is 19.0. The number of nitrogens with zero attached hydrogens (tertiary/aromatic N) is 5. The highest BCUT2D eigenvalue weighted by molar-refractivity contribution is 6.05. The van der Waals surface area contributed by atoms with E-state index in [-0.39, 0.29) is 5.91 Å². The number of benzene rings is 2. The first-order chi connectivity index (χ1) is 12.3. The number of rotatable bonds is 1. The lowest BCUT2D eigenvalue weighted by Crippen LogP contribution is -2.36. The second-order valence-electron chi connectivity index (χ2n) is 6.49. The predicted octanol–water partition coefficient (Wildman–Crippen LogP) is 3.06. The molecule has 1 fully saturated rings. The molecule has 0 radical (unpaired) electrons. The molecule has 1 aliphatic heterocycles. The van der Waals surface area contributed by atoms with E-state index < -0.39 is 0 Å². The van der Waals surface area contributed by atoms with Crippen LogP contribution < -0.4 is 0 Å². The molecule has 0 aliphatic carbocycles. The van der Waals surface area contributed by atoms with Crippen molar-refractivity contribution in [2.24, 2.45) is 0 Å².